The number of benzene rings is 2. The van der Waals surface area contributed by atoms with Crippen molar-refractivity contribution in [2.24, 2.45) is 0 Å². The number of carbonyl (C=O) groups excluding carboxylic acids is 1. The third-order valence-electron chi connectivity index (χ3n) is 4.54. The fourth-order valence-corrected chi connectivity index (χ4v) is 5.11. The van der Waals surface area contributed by atoms with Crippen molar-refractivity contribution >= 4 is 33.0 Å². The molecule has 0 aliphatic heterocycles. The van der Waals surface area contributed by atoms with E-state index in [4.69, 9.17) is 0 Å². The number of carbonyl (C=O) groups is 1. The molecule has 7 heteroatoms. The molecule has 0 saturated heterocycles. The fourth-order valence-electron chi connectivity index (χ4n) is 2.75. The van der Waals surface area contributed by atoms with Gasteiger partial charge >= 0.3 is 0 Å². The standard InChI is InChI=1S/C21H22N2O3S2/c1-16(17-7-4-3-5-8-17)15-22-21(24)18-10-12-19(13-11-18)23(2)28(25,26)20-9-6-14-27-20/h3-14,16H,15H2,1-2H3,(H,22,24)/t16-/m1/s1. The van der Waals surface area contributed by atoms with Crippen molar-refractivity contribution in [3.05, 3.63) is 83.2 Å². The minimum Gasteiger partial charge on any atom is -0.351 e. The van der Waals surface area contributed by atoms with Crippen LogP contribution in [0.5, 0.6) is 0 Å². The van der Waals surface area contributed by atoms with Gasteiger partial charge in [-0.2, -0.15) is 0 Å². The molecule has 0 spiro atoms. The molecular formula is C21H22N2O3S2. The average molecular weight is 415 g/mol. The van der Waals surface area contributed by atoms with Crippen LogP contribution in [0.15, 0.2) is 76.3 Å². The molecule has 1 heterocycles. The SMILES string of the molecule is C[C@H](CNC(=O)c1ccc(N(C)S(=O)(=O)c2cccs2)cc1)c1ccccc1. The number of amides is 1. The van der Waals surface area contributed by atoms with E-state index in [2.05, 4.69) is 12.2 Å². The largest absolute Gasteiger partial charge is 0.351 e. The van der Waals surface area contributed by atoms with Gasteiger partial charge in [0.2, 0.25) is 0 Å². The van der Waals surface area contributed by atoms with Gasteiger partial charge in [-0.15, -0.1) is 11.3 Å². The van der Waals surface area contributed by atoms with Crippen LogP contribution in [0.25, 0.3) is 0 Å². The van der Waals surface area contributed by atoms with Crippen LogP contribution in [-0.4, -0.2) is 27.9 Å². The topological polar surface area (TPSA) is 66.5 Å². The molecule has 2 aromatic carbocycles. The van der Waals surface area contributed by atoms with Gasteiger partial charge < -0.3 is 5.32 Å². The highest BCUT2D eigenvalue weighted by Gasteiger charge is 2.22. The lowest BCUT2D eigenvalue weighted by Crippen LogP contribution is -2.28. The second kappa shape index (κ2) is 8.58. The molecule has 0 unspecified atom stereocenters. The van der Waals surface area contributed by atoms with Crippen molar-refractivity contribution in [1.29, 1.82) is 0 Å². The van der Waals surface area contributed by atoms with Gasteiger partial charge in [0.1, 0.15) is 4.21 Å². The monoisotopic (exact) mass is 414 g/mol. The van der Waals surface area contributed by atoms with Crippen molar-refractivity contribution < 1.29 is 13.2 Å². The summed E-state index contributed by atoms with van der Waals surface area (Å²) >= 11 is 1.17. The highest BCUT2D eigenvalue weighted by atomic mass is 32.2. The second-order valence-electron chi connectivity index (χ2n) is 6.47. The Labute approximate surface area is 169 Å². The van der Waals surface area contributed by atoms with Crippen molar-refractivity contribution in [2.45, 2.75) is 17.1 Å². The smallest absolute Gasteiger partial charge is 0.273 e. The molecular weight excluding hydrogens is 392 g/mol. The zero-order valence-electron chi connectivity index (χ0n) is 15.7. The maximum absolute atomic E-state index is 12.6. The summed E-state index contributed by atoms with van der Waals surface area (Å²) in [5.74, 6) is 0.0181. The Kier molecular flexibility index (Phi) is 6.16. The van der Waals surface area contributed by atoms with E-state index in [0.717, 1.165) is 0 Å². The summed E-state index contributed by atoms with van der Waals surface area (Å²) < 4.78 is 26.7. The van der Waals surface area contributed by atoms with Crippen LogP contribution in [0.1, 0.15) is 28.8 Å². The van der Waals surface area contributed by atoms with Gasteiger partial charge in [-0.1, -0.05) is 43.3 Å². The Bertz CT molecular complexity index is 1020. The number of thiophene rings is 1. The highest BCUT2D eigenvalue weighted by Crippen LogP contribution is 2.25. The Morgan fingerprint density at radius 3 is 2.32 bits per heavy atom. The van der Waals surface area contributed by atoms with Gasteiger partial charge in [0.05, 0.1) is 5.69 Å². The van der Waals surface area contributed by atoms with Crippen LogP contribution in [0.4, 0.5) is 5.69 Å². The second-order valence-corrected chi connectivity index (χ2v) is 9.62. The normalized spacial score (nSPS) is 12.4. The van der Waals surface area contributed by atoms with E-state index < -0.39 is 10.0 Å². The summed E-state index contributed by atoms with van der Waals surface area (Å²) in [4.78, 5) is 12.4. The van der Waals surface area contributed by atoms with Gasteiger partial charge in [0.15, 0.2) is 0 Å². The predicted octanol–water partition coefficient (Wildman–Crippen LogP) is 4.11. The molecule has 3 rings (SSSR count). The summed E-state index contributed by atoms with van der Waals surface area (Å²) in [5, 5.41) is 4.66. The fraction of sp³-hybridized carbons (Fsp3) is 0.190. The quantitative estimate of drug-likeness (QED) is 0.633. The van der Waals surface area contributed by atoms with E-state index in [-0.39, 0.29) is 16.0 Å². The van der Waals surface area contributed by atoms with Crippen LogP contribution >= 0.6 is 11.3 Å². The number of nitrogens with zero attached hydrogens (tertiary/aromatic N) is 1. The molecule has 28 heavy (non-hydrogen) atoms. The third kappa shape index (κ3) is 4.43. The molecule has 0 radical (unpaired) electrons. The lowest BCUT2D eigenvalue weighted by Gasteiger charge is -2.19. The minimum atomic E-state index is -3.58. The van der Waals surface area contributed by atoms with E-state index in [1.165, 1.54) is 28.3 Å². The van der Waals surface area contributed by atoms with Crippen LogP contribution < -0.4 is 9.62 Å². The third-order valence-corrected chi connectivity index (χ3v) is 7.70. The van der Waals surface area contributed by atoms with E-state index in [1.54, 1.807) is 41.8 Å². The molecule has 0 saturated carbocycles. The van der Waals surface area contributed by atoms with E-state index in [0.29, 0.717) is 17.8 Å². The molecule has 1 atom stereocenters. The van der Waals surface area contributed by atoms with Gasteiger partial charge in [0.25, 0.3) is 15.9 Å². The van der Waals surface area contributed by atoms with E-state index in [1.807, 2.05) is 30.3 Å². The van der Waals surface area contributed by atoms with Gasteiger partial charge in [-0.3, -0.25) is 9.10 Å². The van der Waals surface area contributed by atoms with Gasteiger partial charge in [-0.05, 0) is 47.2 Å². The zero-order valence-corrected chi connectivity index (χ0v) is 17.3. The Hall–Kier alpha value is -2.64. The number of hydrogen-bond acceptors (Lipinski definition) is 4. The predicted molar refractivity (Wildman–Crippen MR) is 114 cm³/mol. The van der Waals surface area contributed by atoms with Crippen molar-refractivity contribution in [3.63, 3.8) is 0 Å². The molecule has 146 valence electrons. The van der Waals surface area contributed by atoms with Crippen LogP contribution in [-0.2, 0) is 10.0 Å². The molecule has 0 aliphatic rings. The number of nitrogens with one attached hydrogen (secondary N) is 1. The van der Waals surface area contributed by atoms with Crippen molar-refractivity contribution in [3.8, 4) is 0 Å². The molecule has 5 nitrogen and oxygen atoms in total. The van der Waals surface area contributed by atoms with Crippen LogP contribution in [0.2, 0.25) is 0 Å². The molecule has 0 bridgehead atoms. The Balaban J connectivity index is 1.64. The Morgan fingerprint density at radius 1 is 1.04 bits per heavy atom. The summed E-state index contributed by atoms with van der Waals surface area (Å²) in [6.45, 7) is 2.58. The first-order chi connectivity index (χ1) is 13.4. The molecule has 1 N–H and O–H groups in total. The van der Waals surface area contributed by atoms with Crippen LogP contribution in [0, 0.1) is 0 Å². The molecule has 0 aliphatic carbocycles. The Morgan fingerprint density at radius 2 is 1.71 bits per heavy atom. The molecule has 1 amide bonds. The number of anilines is 1. The number of sulfonamides is 1. The summed E-state index contributed by atoms with van der Waals surface area (Å²) in [7, 11) is -2.08. The molecule has 1 aromatic heterocycles. The lowest BCUT2D eigenvalue weighted by atomic mass is 10.0. The highest BCUT2D eigenvalue weighted by molar-refractivity contribution is 7.94. The molecule has 0 fully saturated rings. The van der Waals surface area contributed by atoms with Crippen molar-refractivity contribution in [2.75, 3.05) is 17.9 Å². The van der Waals surface area contributed by atoms with E-state index in [9.17, 15) is 13.2 Å². The van der Waals surface area contributed by atoms with Crippen molar-refractivity contribution in [1.82, 2.24) is 5.32 Å². The maximum atomic E-state index is 12.6. The van der Waals surface area contributed by atoms with Gasteiger partial charge in [0, 0.05) is 19.2 Å². The van der Waals surface area contributed by atoms with Crippen LogP contribution in [0.3, 0.4) is 0 Å². The summed E-state index contributed by atoms with van der Waals surface area (Å²) in [6, 6.07) is 19.8. The minimum absolute atomic E-state index is 0.182. The summed E-state index contributed by atoms with van der Waals surface area (Å²) in [6.07, 6.45) is 0. The first-order valence-corrected chi connectivity index (χ1v) is 11.2. The summed E-state index contributed by atoms with van der Waals surface area (Å²) in [5.41, 5.74) is 2.16. The number of rotatable bonds is 7. The zero-order chi connectivity index (χ0) is 20.1. The maximum Gasteiger partial charge on any atom is 0.273 e. The number of hydrogen-bond donors (Lipinski definition) is 1. The average Bonchev–Trinajstić information content (AvgIpc) is 3.28. The van der Waals surface area contributed by atoms with Gasteiger partial charge in [-0.25, -0.2) is 8.42 Å². The van der Waals surface area contributed by atoms with E-state index >= 15 is 0 Å². The first-order valence-electron chi connectivity index (χ1n) is 8.85. The molecule has 3 aromatic rings. The first kappa shape index (κ1) is 20.1. The lowest BCUT2D eigenvalue weighted by molar-refractivity contribution is 0.0951.